The molecule has 0 atom stereocenters. The van der Waals surface area contributed by atoms with E-state index in [9.17, 15) is 14.4 Å². The average Bonchev–Trinajstić information content (AvgIpc) is 2.39. The molecule has 0 fully saturated rings. The van der Waals surface area contributed by atoms with Crippen LogP contribution >= 0.6 is 0 Å². The van der Waals surface area contributed by atoms with Crippen LogP contribution in [0.25, 0.3) is 11.1 Å². The van der Waals surface area contributed by atoms with Gasteiger partial charge >= 0.3 is 11.9 Å². The highest BCUT2D eigenvalue weighted by Crippen LogP contribution is 2.17. The van der Waals surface area contributed by atoms with Crippen LogP contribution in [-0.2, 0) is 0 Å². The molecule has 2 aromatic rings. The first-order chi connectivity index (χ1) is 8.99. The molecule has 2 rings (SSSR count). The van der Waals surface area contributed by atoms with E-state index in [0.717, 1.165) is 6.20 Å². The van der Waals surface area contributed by atoms with Gasteiger partial charge < -0.3 is 15.2 Å². The van der Waals surface area contributed by atoms with Crippen molar-refractivity contribution < 1.29 is 19.8 Å². The second-order valence-electron chi connectivity index (χ2n) is 3.82. The zero-order chi connectivity index (χ0) is 14.0. The fourth-order valence-corrected chi connectivity index (χ4v) is 1.64. The number of aromatic nitrogens is 1. The standard InChI is InChI=1S/C13H9NO5/c15-11-10(5-9(6-14-11)13(18)19)7-2-1-3-8(4-7)12(16)17/h1-6H,(H,14,15)(H,16,17)(H,18,19). The number of rotatable bonds is 3. The molecule has 0 aliphatic heterocycles. The summed E-state index contributed by atoms with van der Waals surface area (Å²) < 4.78 is 0. The van der Waals surface area contributed by atoms with Gasteiger partial charge in [0.1, 0.15) is 0 Å². The molecule has 0 saturated heterocycles. The van der Waals surface area contributed by atoms with Crippen LogP contribution in [0.1, 0.15) is 20.7 Å². The Kier molecular flexibility index (Phi) is 3.15. The van der Waals surface area contributed by atoms with E-state index >= 15 is 0 Å². The maximum Gasteiger partial charge on any atom is 0.337 e. The number of pyridine rings is 1. The number of H-pyrrole nitrogens is 1. The zero-order valence-electron chi connectivity index (χ0n) is 9.58. The van der Waals surface area contributed by atoms with Gasteiger partial charge in [-0.05, 0) is 23.8 Å². The summed E-state index contributed by atoms with van der Waals surface area (Å²) in [5.74, 6) is -2.29. The van der Waals surface area contributed by atoms with Crippen molar-refractivity contribution in [2.24, 2.45) is 0 Å². The van der Waals surface area contributed by atoms with Crippen LogP contribution in [0.2, 0.25) is 0 Å². The normalized spacial score (nSPS) is 10.1. The minimum absolute atomic E-state index is 0.0256. The third-order valence-electron chi connectivity index (χ3n) is 2.57. The quantitative estimate of drug-likeness (QED) is 0.773. The van der Waals surface area contributed by atoms with Crippen LogP contribution in [-0.4, -0.2) is 27.1 Å². The van der Waals surface area contributed by atoms with Crippen molar-refractivity contribution in [2.45, 2.75) is 0 Å². The maximum atomic E-state index is 11.7. The van der Waals surface area contributed by atoms with E-state index in [1.807, 2.05) is 0 Å². The van der Waals surface area contributed by atoms with Crippen LogP contribution in [0.3, 0.4) is 0 Å². The Morgan fingerprint density at radius 1 is 1.00 bits per heavy atom. The molecule has 0 radical (unpaired) electrons. The monoisotopic (exact) mass is 259 g/mol. The van der Waals surface area contributed by atoms with Gasteiger partial charge in [-0.3, -0.25) is 4.79 Å². The average molecular weight is 259 g/mol. The Hall–Kier alpha value is -2.89. The lowest BCUT2D eigenvalue weighted by Crippen LogP contribution is -2.11. The topological polar surface area (TPSA) is 107 Å². The molecule has 3 N–H and O–H groups in total. The summed E-state index contributed by atoms with van der Waals surface area (Å²) in [4.78, 5) is 35.7. The lowest BCUT2D eigenvalue weighted by Gasteiger charge is -2.03. The molecule has 6 heteroatoms. The first-order valence-electron chi connectivity index (χ1n) is 5.29. The number of carboxylic acid groups (broad SMARTS) is 2. The Labute approximate surface area is 107 Å². The van der Waals surface area contributed by atoms with E-state index in [2.05, 4.69) is 4.98 Å². The largest absolute Gasteiger partial charge is 0.478 e. The van der Waals surface area contributed by atoms with Crippen molar-refractivity contribution in [2.75, 3.05) is 0 Å². The highest BCUT2D eigenvalue weighted by Gasteiger charge is 2.11. The molecule has 0 spiro atoms. The van der Waals surface area contributed by atoms with Crippen LogP contribution in [0.4, 0.5) is 0 Å². The zero-order valence-corrected chi connectivity index (χ0v) is 9.58. The summed E-state index contributed by atoms with van der Waals surface area (Å²) >= 11 is 0. The number of carboxylic acids is 2. The van der Waals surface area contributed by atoms with E-state index < -0.39 is 17.5 Å². The van der Waals surface area contributed by atoms with Gasteiger partial charge in [0.05, 0.1) is 11.1 Å². The second kappa shape index (κ2) is 4.77. The van der Waals surface area contributed by atoms with Gasteiger partial charge in [-0.1, -0.05) is 12.1 Å². The third-order valence-corrected chi connectivity index (χ3v) is 2.57. The summed E-state index contributed by atoms with van der Waals surface area (Å²) in [6.45, 7) is 0. The lowest BCUT2D eigenvalue weighted by molar-refractivity contribution is 0.0685. The van der Waals surface area contributed by atoms with E-state index in [4.69, 9.17) is 10.2 Å². The molecule has 0 amide bonds. The molecule has 6 nitrogen and oxygen atoms in total. The first-order valence-corrected chi connectivity index (χ1v) is 5.29. The van der Waals surface area contributed by atoms with E-state index in [0.29, 0.717) is 5.56 Å². The van der Waals surface area contributed by atoms with Gasteiger partial charge in [-0.2, -0.15) is 0 Å². The van der Waals surface area contributed by atoms with Crippen LogP contribution in [0.15, 0.2) is 41.3 Å². The molecule has 0 saturated carbocycles. The smallest absolute Gasteiger partial charge is 0.337 e. The highest BCUT2D eigenvalue weighted by molar-refractivity contribution is 5.91. The minimum Gasteiger partial charge on any atom is -0.478 e. The number of hydrogen-bond donors (Lipinski definition) is 3. The molecule has 0 bridgehead atoms. The van der Waals surface area contributed by atoms with Gasteiger partial charge in [0.15, 0.2) is 0 Å². The highest BCUT2D eigenvalue weighted by atomic mass is 16.4. The van der Waals surface area contributed by atoms with Gasteiger partial charge in [0.25, 0.3) is 5.56 Å². The summed E-state index contributed by atoms with van der Waals surface area (Å²) in [6, 6.07) is 6.95. The molecule has 1 aromatic carbocycles. The molecule has 1 aromatic heterocycles. The maximum absolute atomic E-state index is 11.7. The predicted octanol–water partition coefficient (Wildman–Crippen LogP) is 1.44. The van der Waals surface area contributed by atoms with Crippen LogP contribution in [0, 0.1) is 0 Å². The summed E-state index contributed by atoms with van der Waals surface area (Å²) in [7, 11) is 0. The minimum atomic E-state index is -1.17. The molecular formula is C13H9NO5. The van der Waals surface area contributed by atoms with Crippen LogP contribution < -0.4 is 5.56 Å². The number of aromatic amines is 1. The molecule has 0 aliphatic rings. The molecule has 0 aliphatic carbocycles. The number of aromatic carboxylic acids is 2. The predicted molar refractivity (Wildman–Crippen MR) is 66.4 cm³/mol. The number of benzene rings is 1. The Morgan fingerprint density at radius 3 is 2.32 bits per heavy atom. The van der Waals surface area contributed by atoms with E-state index in [1.165, 1.54) is 24.3 Å². The number of hydrogen-bond acceptors (Lipinski definition) is 3. The second-order valence-corrected chi connectivity index (χ2v) is 3.82. The fraction of sp³-hybridized carbons (Fsp3) is 0. The van der Waals surface area contributed by atoms with Gasteiger partial charge in [0, 0.05) is 11.8 Å². The van der Waals surface area contributed by atoms with E-state index in [1.54, 1.807) is 6.07 Å². The molecule has 1 heterocycles. The van der Waals surface area contributed by atoms with Crippen molar-refractivity contribution in [3.63, 3.8) is 0 Å². The Morgan fingerprint density at radius 2 is 1.68 bits per heavy atom. The number of carbonyl (C=O) groups is 2. The van der Waals surface area contributed by atoms with Crippen molar-refractivity contribution in [3.05, 3.63) is 58.0 Å². The van der Waals surface area contributed by atoms with Crippen molar-refractivity contribution in [1.29, 1.82) is 0 Å². The summed E-state index contributed by atoms with van der Waals surface area (Å²) in [5, 5.41) is 17.8. The molecule has 19 heavy (non-hydrogen) atoms. The lowest BCUT2D eigenvalue weighted by atomic mass is 10.0. The summed E-state index contributed by atoms with van der Waals surface area (Å²) in [5.41, 5.74) is -0.0623. The van der Waals surface area contributed by atoms with Crippen LogP contribution in [0.5, 0.6) is 0 Å². The van der Waals surface area contributed by atoms with Crippen molar-refractivity contribution in [1.82, 2.24) is 4.98 Å². The molecule has 96 valence electrons. The first kappa shape index (κ1) is 12.6. The molecule has 0 unspecified atom stereocenters. The third kappa shape index (κ3) is 2.52. The van der Waals surface area contributed by atoms with Gasteiger partial charge in [-0.15, -0.1) is 0 Å². The van der Waals surface area contributed by atoms with Gasteiger partial charge in [-0.25, -0.2) is 9.59 Å². The number of nitrogens with one attached hydrogen (secondary N) is 1. The SMILES string of the molecule is O=C(O)c1cccc(-c2cc(C(=O)O)c[nH]c2=O)c1. The fourth-order valence-electron chi connectivity index (χ4n) is 1.64. The van der Waals surface area contributed by atoms with Gasteiger partial charge in [0.2, 0.25) is 0 Å². The Balaban J connectivity index is 2.61. The van der Waals surface area contributed by atoms with Crippen molar-refractivity contribution >= 4 is 11.9 Å². The van der Waals surface area contributed by atoms with Crippen molar-refractivity contribution in [3.8, 4) is 11.1 Å². The van der Waals surface area contributed by atoms with E-state index in [-0.39, 0.29) is 16.7 Å². The molecular weight excluding hydrogens is 250 g/mol. The summed E-state index contributed by atoms with van der Waals surface area (Å²) in [6.07, 6.45) is 1.09. The Bertz CT molecular complexity index is 717.